The lowest BCUT2D eigenvalue weighted by molar-refractivity contribution is 0.597. The maximum Gasteiger partial charge on any atom is 0.150 e. The quantitative estimate of drug-likeness (QED) is 0.602. The van der Waals surface area contributed by atoms with Crippen molar-refractivity contribution in [1.29, 1.82) is 0 Å². The highest BCUT2D eigenvalue weighted by molar-refractivity contribution is 8.08. The molecule has 54 valence electrons. The van der Waals surface area contributed by atoms with Crippen molar-refractivity contribution in [2.75, 3.05) is 0 Å². The second-order valence-electron chi connectivity index (χ2n) is 1.65. The predicted molar refractivity (Wildman–Crippen MR) is 38.7 cm³/mol. The highest BCUT2D eigenvalue weighted by Gasteiger charge is 2.04. The fourth-order valence-corrected chi connectivity index (χ4v) is 1.36. The molecule has 0 bridgehead atoms. The fourth-order valence-electron chi connectivity index (χ4n) is 0.575. The molecule has 0 unspecified atom stereocenters. The molecule has 0 fully saturated rings. The molecule has 1 atom stereocenters. The summed E-state index contributed by atoms with van der Waals surface area (Å²) in [6.07, 6.45) is 0. The molecule has 0 heterocycles. The number of hydrogen-bond acceptors (Lipinski definition) is 1. The molecular weight excluding hydrogens is 175 g/mol. The lowest BCUT2D eigenvalue weighted by Crippen LogP contribution is -1.85. The van der Waals surface area contributed by atoms with Crippen molar-refractivity contribution in [3.8, 4) is 0 Å². The normalized spacial score (nSPS) is 13.0. The van der Waals surface area contributed by atoms with Crippen molar-refractivity contribution in [2.45, 2.75) is 4.90 Å². The summed E-state index contributed by atoms with van der Waals surface area (Å²) in [6, 6.07) is 5.70. The van der Waals surface area contributed by atoms with Gasteiger partial charge in [-0.25, -0.2) is 8.60 Å². The van der Waals surface area contributed by atoms with Crippen LogP contribution in [0.15, 0.2) is 29.2 Å². The Balaban J connectivity index is 3.15. The molecule has 10 heavy (non-hydrogen) atoms. The number of rotatable bonds is 1. The van der Waals surface area contributed by atoms with Gasteiger partial charge >= 0.3 is 0 Å². The van der Waals surface area contributed by atoms with Gasteiger partial charge in [0.2, 0.25) is 0 Å². The molecule has 0 saturated carbocycles. The van der Waals surface area contributed by atoms with Crippen LogP contribution < -0.4 is 0 Å². The van der Waals surface area contributed by atoms with Crippen LogP contribution >= 0.6 is 10.7 Å². The molecule has 4 heteroatoms. The van der Waals surface area contributed by atoms with Gasteiger partial charge in [0.25, 0.3) is 0 Å². The van der Waals surface area contributed by atoms with E-state index in [-0.39, 0.29) is 4.90 Å². The summed E-state index contributed by atoms with van der Waals surface area (Å²) in [6.45, 7) is 0. The third-order valence-corrected chi connectivity index (χ3v) is 2.19. The molecule has 1 aromatic rings. The summed E-state index contributed by atoms with van der Waals surface area (Å²) in [4.78, 5) is 0.0316. The third kappa shape index (κ3) is 1.55. The Bertz CT molecular complexity index is 264. The van der Waals surface area contributed by atoms with E-state index in [0.717, 1.165) is 0 Å². The van der Waals surface area contributed by atoms with Gasteiger partial charge in [0.1, 0.15) is 5.82 Å². The van der Waals surface area contributed by atoms with Crippen LogP contribution in [0.3, 0.4) is 0 Å². The number of hydrogen-bond donors (Lipinski definition) is 0. The van der Waals surface area contributed by atoms with Gasteiger partial charge in [-0.05, 0) is 22.8 Å². The van der Waals surface area contributed by atoms with Crippen molar-refractivity contribution in [3.63, 3.8) is 0 Å². The molecule has 0 spiro atoms. The van der Waals surface area contributed by atoms with E-state index in [9.17, 15) is 8.60 Å². The second kappa shape index (κ2) is 3.12. The molecule has 0 radical (unpaired) electrons. The molecule has 0 saturated heterocycles. The van der Waals surface area contributed by atoms with Crippen LogP contribution in [-0.4, -0.2) is 4.21 Å². The maximum absolute atomic E-state index is 12.6. The largest absolute Gasteiger partial charge is 0.237 e. The minimum absolute atomic E-state index is 0.0316. The zero-order valence-electron chi connectivity index (χ0n) is 4.88. The summed E-state index contributed by atoms with van der Waals surface area (Å²) >= 11 is 0. The Morgan fingerprint density at radius 3 is 2.40 bits per heavy atom. The molecule has 0 aliphatic heterocycles. The van der Waals surface area contributed by atoms with Crippen LogP contribution in [0.2, 0.25) is 0 Å². The van der Waals surface area contributed by atoms with Crippen molar-refractivity contribution in [2.24, 2.45) is 0 Å². The zero-order chi connectivity index (χ0) is 7.56. The first-order valence-corrected chi connectivity index (χ1v) is 4.52. The summed E-state index contributed by atoms with van der Waals surface area (Å²) in [5, 5.41) is 0. The Morgan fingerprint density at radius 1 is 1.40 bits per heavy atom. The van der Waals surface area contributed by atoms with E-state index in [0.29, 0.717) is 0 Å². The minimum Gasteiger partial charge on any atom is -0.237 e. The second-order valence-corrected chi connectivity index (χ2v) is 3.38. The van der Waals surface area contributed by atoms with Gasteiger partial charge < -0.3 is 0 Å². The van der Waals surface area contributed by atoms with E-state index >= 15 is 0 Å². The van der Waals surface area contributed by atoms with Gasteiger partial charge in [0.05, 0.1) is 4.90 Å². The first kappa shape index (κ1) is 7.69. The Morgan fingerprint density at radius 2 is 2.00 bits per heavy atom. The van der Waals surface area contributed by atoms with Crippen LogP contribution in [-0.2, 0) is 10.0 Å². The highest BCUT2D eigenvalue weighted by atomic mass is 35.7. The van der Waals surface area contributed by atoms with Gasteiger partial charge in [-0.3, -0.25) is 0 Å². The summed E-state index contributed by atoms with van der Waals surface area (Å²) in [5.74, 6) is -0.532. The SMILES string of the molecule is O=[S@](Cl)c1ccccc1F. The van der Waals surface area contributed by atoms with E-state index in [2.05, 4.69) is 0 Å². The van der Waals surface area contributed by atoms with Crippen LogP contribution in [0.25, 0.3) is 0 Å². The van der Waals surface area contributed by atoms with E-state index < -0.39 is 15.8 Å². The zero-order valence-corrected chi connectivity index (χ0v) is 6.45. The number of benzene rings is 1. The Labute approximate surface area is 64.8 Å². The van der Waals surface area contributed by atoms with Gasteiger partial charge in [0, 0.05) is 0 Å². The lowest BCUT2D eigenvalue weighted by Gasteiger charge is -1.93. The monoisotopic (exact) mass is 178 g/mol. The highest BCUT2D eigenvalue weighted by Crippen LogP contribution is 2.13. The molecule has 0 aliphatic carbocycles. The Kier molecular flexibility index (Phi) is 2.40. The molecule has 0 aliphatic rings. The van der Waals surface area contributed by atoms with Gasteiger partial charge in [-0.15, -0.1) is 0 Å². The standard InChI is InChI=1S/C6H4ClFOS/c7-10(9)6-4-2-1-3-5(6)8/h1-4H/t10-/m0/s1. The Hall–Kier alpha value is -0.410. The van der Waals surface area contributed by atoms with E-state index in [1.807, 2.05) is 0 Å². The third-order valence-electron chi connectivity index (χ3n) is 1.01. The first-order valence-electron chi connectivity index (χ1n) is 2.54. The van der Waals surface area contributed by atoms with Crippen molar-refractivity contribution in [1.82, 2.24) is 0 Å². The van der Waals surface area contributed by atoms with Crippen molar-refractivity contribution < 1.29 is 8.60 Å². The van der Waals surface area contributed by atoms with Gasteiger partial charge in [-0.1, -0.05) is 12.1 Å². The van der Waals surface area contributed by atoms with Gasteiger partial charge in [-0.2, -0.15) is 0 Å². The average Bonchev–Trinajstić information content (AvgIpc) is 1.88. The molecule has 0 N–H and O–H groups in total. The predicted octanol–water partition coefficient (Wildman–Crippen LogP) is 2.09. The van der Waals surface area contributed by atoms with Crippen molar-refractivity contribution >= 4 is 20.7 Å². The molecule has 0 aromatic heterocycles. The average molecular weight is 179 g/mol. The smallest absolute Gasteiger partial charge is 0.150 e. The van der Waals surface area contributed by atoms with E-state index in [4.69, 9.17) is 10.7 Å². The summed E-state index contributed by atoms with van der Waals surface area (Å²) in [7, 11) is 3.40. The lowest BCUT2D eigenvalue weighted by atomic mass is 10.4. The van der Waals surface area contributed by atoms with Crippen LogP contribution in [0, 0.1) is 5.82 Å². The minimum atomic E-state index is -1.74. The molecule has 1 rings (SSSR count). The van der Waals surface area contributed by atoms with Crippen LogP contribution in [0.4, 0.5) is 4.39 Å². The van der Waals surface area contributed by atoms with Gasteiger partial charge in [0.15, 0.2) is 10.0 Å². The molecular formula is C6H4ClFOS. The first-order chi connectivity index (χ1) is 4.72. The maximum atomic E-state index is 12.6. The van der Waals surface area contributed by atoms with Crippen LogP contribution in [0.1, 0.15) is 0 Å². The molecule has 0 amide bonds. The van der Waals surface area contributed by atoms with E-state index in [1.54, 1.807) is 6.07 Å². The van der Waals surface area contributed by atoms with Crippen LogP contribution in [0.5, 0.6) is 0 Å². The molecule has 1 aromatic carbocycles. The number of halogens is 2. The summed E-state index contributed by atoms with van der Waals surface area (Å²) in [5.41, 5.74) is 0. The van der Waals surface area contributed by atoms with Crippen molar-refractivity contribution in [3.05, 3.63) is 30.1 Å². The summed E-state index contributed by atoms with van der Waals surface area (Å²) < 4.78 is 23.1. The topological polar surface area (TPSA) is 17.1 Å². The van der Waals surface area contributed by atoms with E-state index in [1.165, 1.54) is 18.2 Å². The molecule has 1 nitrogen and oxygen atoms in total. The fraction of sp³-hybridized carbons (Fsp3) is 0.